The van der Waals surface area contributed by atoms with Crippen molar-refractivity contribution >= 4 is 55.0 Å². The van der Waals surface area contributed by atoms with Gasteiger partial charge in [0.25, 0.3) is 0 Å². The molecular formula is C17H16BrN3O2S. The van der Waals surface area contributed by atoms with Crippen molar-refractivity contribution < 1.29 is 9.15 Å². The predicted molar refractivity (Wildman–Crippen MR) is 102 cm³/mol. The highest BCUT2D eigenvalue weighted by molar-refractivity contribution is 9.11. The largest absolute Gasteiger partial charge is 0.452 e. The Hall–Kier alpha value is -1.83. The van der Waals surface area contributed by atoms with Crippen LogP contribution < -0.4 is 4.90 Å². The van der Waals surface area contributed by atoms with Crippen LogP contribution in [0.4, 0.5) is 5.69 Å². The predicted octanol–water partition coefficient (Wildman–Crippen LogP) is 4.88. The second kappa shape index (κ2) is 6.23. The van der Waals surface area contributed by atoms with E-state index in [1.165, 1.54) is 0 Å². The minimum Gasteiger partial charge on any atom is -0.452 e. The Morgan fingerprint density at radius 2 is 2.25 bits per heavy atom. The molecule has 7 heteroatoms. The van der Waals surface area contributed by atoms with E-state index >= 15 is 0 Å². The number of fused-ring (bicyclic) bond motifs is 3. The number of thiophene rings is 1. The summed E-state index contributed by atoms with van der Waals surface area (Å²) in [6.07, 6.45) is 0. The molecule has 5 nitrogen and oxygen atoms in total. The van der Waals surface area contributed by atoms with Crippen LogP contribution in [0.25, 0.3) is 33.3 Å². The van der Waals surface area contributed by atoms with Crippen LogP contribution in [-0.2, 0) is 4.74 Å². The third-order valence-corrected chi connectivity index (χ3v) is 5.59. The molecule has 0 bridgehead atoms. The standard InChI is InChI=1S/C17H16BrN3O2S/c1-21(5-6-22-2)11-3-4-12-13(8-11)23-17-15(19-20-16(12)17)10-7-14(18)24-9-10/h3-4,7-9H,5-6H2,1-2H3,(H,19,20). The summed E-state index contributed by atoms with van der Waals surface area (Å²) in [5.74, 6) is 0. The third-order valence-electron chi connectivity index (χ3n) is 4.08. The van der Waals surface area contributed by atoms with Gasteiger partial charge >= 0.3 is 0 Å². The number of halogens is 1. The maximum absolute atomic E-state index is 6.12. The molecule has 0 aliphatic heterocycles. The van der Waals surface area contributed by atoms with Crippen molar-refractivity contribution in [1.82, 2.24) is 10.2 Å². The van der Waals surface area contributed by atoms with Gasteiger partial charge in [-0.25, -0.2) is 0 Å². The number of furan rings is 1. The molecule has 0 aliphatic carbocycles. The Kier molecular flexibility index (Phi) is 4.07. The number of hydrogen-bond acceptors (Lipinski definition) is 5. The van der Waals surface area contributed by atoms with Crippen molar-refractivity contribution in [2.75, 3.05) is 32.2 Å². The summed E-state index contributed by atoms with van der Waals surface area (Å²) in [6, 6.07) is 8.28. The maximum atomic E-state index is 6.12. The van der Waals surface area contributed by atoms with Gasteiger partial charge < -0.3 is 14.1 Å². The Balaban J connectivity index is 1.78. The molecule has 3 aromatic heterocycles. The van der Waals surface area contributed by atoms with Gasteiger partial charge in [-0.1, -0.05) is 0 Å². The van der Waals surface area contributed by atoms with Gasteiger partial charge in [0.05, 0.1) is 10.4 Å². The number of H-pyrrole nitrogens is 1. The van der Waals surface area contributed by atoms with Crippen molar-refractivity contribution in [2.24, 2.45) is 0 Å². The van der Waals surface area contributed by atoms with Gasteiger partial charge in [0.2, 0.25) is 0 Å². The summed E-state index contributed by atoms with van der Waals surface area (Å²) in [5, 5.41) is 10.7. The maximum Gasteiger partial charge on any atom is 0.181 e. The number of ether oxygens (including phenoxy) is 1. The van der Waals surface area contributed by atoms with E-state index in [0.717, 1.165) is 49.3 Å². The summed E-state index contributed by atoms with van der Waals surface area (Å²) < 4.78 is 12.3. The number of rotatable bonds is 5. The first-order chi connectivity index (χ1) is 11.7. The average molecular weight is 406 g/mol. The number of methoxy groups -OCH3 is 1. The summed E-state index contributed by atoms with van der Waals surface area (Å²) in [4.78, 5) is 2.15. The van der Waals surface area contributed by atoms with Crippen LogP contribution in [-0.4, -0.2) is 37.5 Å². The van der Waals surface area contributed by atoms with Gasteiger partial charge in [0.1, 0.15) is 16.8 Å². The number of anilines is 1. The van der Waals surface area contributed by atoms with Gasteiger partial charge in [-0.2, -0.15) is 5.10 Å². The van der Waals surface area contributed by atoms with E-state index < -0.39 is 0 Å². The molecule has 0 spiro atoms. The van der Waals surface area contributed by atoms with Crippen LogP contribution in [0.5, 0.6) is 0 Å². The Morgan fingerprint density at radius 1 is 1.38 bits per heavy atom. The molecule has 0 atom stereocenters. The monoisotopic (exact) mass is 405 g/mol. The molecule has 0 saturated carbocycles. The Bertz CT molecular complexity index is 1000. The van der Waals surface area contributed by atoms with Gasteiger partial charge in [0.15, 0.2) is 5.58 Å². The number of benzene rings is 1. The molecule has 0 unspecified atom stereocenters. The third kappa shape index (κ3) is 2.62. The van der Waals surface area contributed by atoms with Crippen molar-refractivity contribution in [3.05, 3.63) is 33.4 Å². The van der Waals surface area contributed by atoms with Crippen molar-refractivity contribution in [3.8, 4) is 11.3 Å². The summed E-state index contributed by atoms with van der Waals surface area (Å²) >= 11 is 5.13. The van der Waals surface area contributed by atoms with E-state index in [-0.39, 0.29) is 0 Å². The quantitative estimate of drug-likeness (QED) is 0.513. The first kappa shape index (κ1) is 15.7. The van der Waals surface area contributed by atoms with Crippen molar-refractivity contribution in [3.63, 3.8) is 0 Å². The van der Waals surface area contributed by atoms with Crippen LogP contribution in [0.2, 0.25) is 0 Å². The van der Waals surface area contributed by atoms with Gasteiger partial charge in [0, 0.05) is 48.8 Å². The van der Waals surface area contributed by atoms with Crippen LogP contribution in [0.1, 0.15) is 0 Å². The van der Waals surface area contributed by atoms with E-state index in [2.05, 4.69) is 60.7 Å². The van der Waals surface area contributed by atoms with Crippen LogP contribution >= 0.6 is 27.3 Å². The van der Waals surface area contributed by atoms with E-state index in [1.807, 2.05) is 7.05 Å². The fourth-order valence-electron chi connectivity index (χ4n) is 2.75. The Morgan fingerprint density at radius 3 is 3.00 bits per heavy atom. The van der Waals surface area contributed by atoms with E-state index in [1.54, 1.807) is 18.4 Å². The molecule has 24 heavy (non-hydrogen) atoms. The van der Waals surface area contributed by atoms with Crippen molar-refractivity contribution in [1.29, 1.82) is 0 Å². The fourth-order valence-corrected chi connectivity index (χ4v) is 3.89. The zero-order valence-corrected chi connectivity index (χ0v) is 15.7. The lowest BCUT2D eigenvalue weighted by Gasteiger charge is -2.18. The zero-order valence-electron chi connectivity index (χ0n) is 13.3. The smallest absolute Gasteiger partial charge is 0.181 e. The summed E-state index contributed by atoms with van der Waals surface area (Å²) in [7, 11) is 3.76. The summed E-state index contributed by atoms with van der Waals surface area (Å²) in [6.45, 7) is 1.52. The van der Waals surface area contributed by atoms with E-state index in [0.29, 0.717) is 6.61 Å². The number of likely N-dealkylation sites (N-methyl/N-ethyl adjacent to an activating group) is 1. The fraction of sp³-hybridized carbons (Fsp3) is 0.235. The number of aromatic amines is 1. The molecular weight excluding hydrogens is 390 g/mol. The Labute approximate surface area is 151 Å². The van der Waals surface area contributed by atoms with E-state index in [4.69, 9.17) is 9.15 Å². The van der Waals surface area contributed by atoms with Gasteiger partial charge in [-0.05, 0) is 34.1 Å². The lowest BCUT2D eigenvalue weighted by Crippen LogP contribution is -2.21. The SMILES string of the molecule is COCCN(C)c1ccc2c(c1)oc1c(-c3csc(Br)c3)n[nH]c12. The molecule has 4 rings (SSSR count). The highest BCUT2D eigenvalue weighted by atomic mass is 79.9. The number of nitrogens with one attached hydrogen (secondary N) is 1. The lowest BCUT2D eigenvalue weighted by atomic mass is 10.2. The minimum absolute atomic E-state index is 0.689. The molecule has 1 N–H and O–H groups in total. The topological polar surface area (TPSA) is 54.3 Å². The molecule has 0 aliphatic rings. The van der Waals surface area contributed by atoms with Gasteiger partial charge in [-0.3, -0.25) is 5.10 Å². The number of nitrogens with zero attached hydrogens (tertiary/aromatic N) is 2. The first-order valence-corrected chi connectivity index (χ1v) is 9.19. The highest BCUT2D eigenvalue weighted by Crippen LogP contribution is 2.37. The molecule has 0 radical (unpaired) electrons. The average Bonchev–Trinajstić information content (AvgIpc) is 3.26. The molecule has 0 saturated heterocycles. The van der Waals surface area contributed by atoms with E-state index in [9.17, 15) is 0 Å². The first-order valence-electron chi connectivity index (χ1n) is 7.52. The normalized spacial score (nSPS) is 11.6. The van der Waals surface area contributed by atoms with Gasteiger partial charge in [-0.15, -0.1) is 11.3 Å². The molecule has 124 valence electrons. The van der Waals surface area contributed by atoms with Crippen LogP contribution in [0, 0.1) is 0 Å². The van der Waals surface area contributed by atoms with Crippen molar-refractivity contribution in [2.45, 2.75) is 0 Å². The lowest BCUT2D eigenvalue weighted by molar-refractivity contribution is 0.206. The zero-order chi connectivity index (χ0) is 16.7. The molecule has 0 amide bonds. The molecule has 0 fully saturated rings. The van der Waals surface area contributed by atoms with Crippen LogP contribution in [0.3, 0.4) is 0 Å². The molecule has 3 heterocycles. The highest BCUT2D eigenvalue weighted by Gasteiger charge is 2.17. The number of hydrogen-bond donors (Lipinski definition) is 1. The molecule has 1 aromatic carbocycles. The number of aromatic nitrogens is 2. The summed E-state index contributed by atoms with van der Waals surface area (Å²) in [5.41, 5.74) is 5.59. The minimum atomic E-state index is 0.689. The second-order valence-corrected chi connectivity index (χ2v) is 7.90. The molecule has 4 aromatic rings. The van der Waals surface area contributed by atoms with Crippen LogP contribution in [0.15, 0.2) is 37.8 Å². The second-order valence-electron chi connectivity index (χ2n) is 5.61.